The molecule has 10 heteroatoms. The molecular formula is C17H11Cl2F3O5. The largest absolute Gasteiger partial charge is 0.481 e. The maximum absolute atomic E-state index is 12.7. The van der Waals surface area contributed by atoms with Gasteiger partial charge in [0.25, 0.3) is 0 Å². The number of benzene rings is 2. The predicted molar refractivity (Wildman–Crippen MR) is 90.5 cm³/mol. The standard InChI is InChI=1S/C17H11Cl2F3O5/c18-12-3-2-10(8-11(12)16(25)26-6-5-15(23)24)27-14-4-1-9(7-13(14)19)17(20,21)22/h1-4,7-8H,5-6H2,(H,23,24). The number of carboxylic acid groups (broad SMARTS) is 1. The van der Waals surface area contributed by atoms with E-state index >= 15 is 0 Å². The van der Waals surface area contributed by atoms with Crippen LogP contribution in [-0.2, 0) is 15.7 Å². The number of hydrogen-bond donors (Lipinski definition) is 1. The zero-order chi connectivity index (χ0) is 20.2. The molecule has 1 N–H and O–H groups in total. The van der Waals surface area contributed by atoms with E-state index in [1.165, 1.54) is 18.2 Å². The summed E-state index contributed by atoms with van der Waals surface area (Å²) in [6, 6.07) is 6.48. The summed E-state index contributed by atoms with van der Waals surface area (Å²) in [6.45, 7) is -0.347. The third kappa shape index (κ3) is 5.77. The van der Waals surface area contributed by atoms with Crippen molar-refractivity contribution in [3.8, 4) is 11.5 Å². The lowest BCUT2D eigenvalue weighted by Gasteiger charge is -2.12. The van der Waals surface area contributed by atoms with Gasteiger partial charge in [-0.2, -0.15) is 13.2 Å². The van der Waals surface area contributed by atoms with Crippen molar-refractivity contribution in [2.75, 3.05) is 6.61 Å². The minimum atomic E-state index is -4.55. The third-order valence-electron chi connectivity index (χ3n) is 3.19. The van der Waals surface area contributed by atoms with Crippen molar-refractivity contribution in [1.29, 1.82) is 0 Å². The number of aliphatic carboxylic acids is 1. The van der Waals surface area contributed by atoms with Crippen LogP contribution in [-0.4, -0.2) is 23.7 Å². The predicted octanol–water partition coefficient (Wildman–Crippen LogP) is 5.44. The van der Waals surface area contributed by atoms with Crippen molar-refractivity contribution in [2.24, 2.45) is 0 Å². The lowest BCUT2D eigenvalue weighted by Crippen LogP contribution is -2.10. The SMILES string of the molecule is O=C(O)CCOC(=O)c1cc(Oc2ccc(C(F)(F)F)cc2Cl)ccc1Cl. The molecule has 2 aromatic rings. The van der Waals surface area contributed by atoms with E-state index in [-0.39, 0.29) is 40.1 Å². The molecule has 0 atom stereocenters. The van der Waals surface area contributed by atoms with Crippen molar-refractivity contribution in [2.45, 2.75) is 12.6 Å². The van der Waals surface area contributed by atoms with Crippen LogP contribution in [0.4, 0.5) is 13.2 Å². The van der Waals surface area contributed by atoms with Gasteiger partial charge in [0.15, 0.2) is 0 Å². The number of ether oxygens (including phenoxy) is 2. The van der Waals surface area contributed by atoms with E-state index in [0.29, 0.717) is 6.07 Å². The minimum absolute atomic E-state index is 0.0289. The van der Waals surface area contributed by atoms with Gasteiger partial charge in [-0.25, -0.2) is 4.79 Å². The Bertz CT molecular complexity index is 868. The molecule has 5 nitrogen and oxygen atoms in total. The summed E-state index contributed by atoms with van der Waals surface area (Å²) in [5.74, 6) is -1.99. The Kier molecular flexibility index (Phi) is 6.56. The number of esters is 1. The van der Waals surface area contributed by atoms with E-state index in [2.05, 4.69) is 0 Å². The first-order valence-electron chi connectivity index (χ1n) is 7.31. The Hall–Kier alpha value is -2.45. The molecule has 0 heterocycles. The third-order valence-corrected chi connectivity index (χ3v) is 3.82. The van der Waals surface area contributed by atoms with Crippen molar-refractivity contribution >= 4 is 35.1 Å². The van der Waals surface area contributed by atoms with Gasteiger partial charge in [0.05, 0.1) is 27.6 Å². The topological polar surface area (TPSA) is 72.8 Å². The van der Waals surface area contributed by atoms with Gasteiger partial charge in [-0.15, -0.1) is 0 Å². The summed E-state index contributed by atoms with van der Waals surface area (Å²) in [4.78, 5) is 22.4. The summed E-state index contributed by atoms with van der Waals surface area (Å²) < 4.78 is 48.2. The smallest absolute Gasteiger partial charge is 0.416 e. The summed E-state index contributed by atoms with van der Waals surface area (Å²) in [6.07, 6.45) is -4.92. The highest BCUT2D eigenvalue weighted by Gasteiger charge is 2.31. The number of hydrogen-bond acceptors (Lipinski definition) is 4. The molecule has 144 valence electrons. The zero-order valence-electron chi connectivity index (χ0n) is 13.3. The minimum Gasteiger partial charge on any atom is -0.481 e. The number of rotatable bonds is 6. The molecule has 2 aromatic carbocycles. The van der Waals surface area contributed by atoms with E-state index in [0.717, 1.165) is 12.1 Å². The van der Waals surface area contributed by atoms with E-state index in [1.54, 1.807) is 0 Å². The van der Waals surface area contributed by atoms with Crippen LogP contribution in [0.5, 0.6) is 11.5 Å². The van der Waals surface area contributed by atoms with E-state index in [9.17, 15) is 22.8 Å². The lowest BCUT2D eigenvalue weighted by atomic mass is 10.2. The second kappa shape index (κ2) is 8.49. The number of carboxylic acids is 1. The Labute approximate surface area is 161 Å². The molecule has 0 amide bonds. The molecular weight excluding hydrogens is 412 g/mol. The Morgan fingerprint density at radius 1 is 1.04 bits per heavy atom. The van der Waals surface area contributed by atoms with Crippen LogP contribution in [0.2, 0.25) is 10.0 Å². The first-order chi connectivity index (χ1) is 12.6. The monoisotopic (exact) mass is 422 g/mol. The second-order valence-corrected chi connectivity index (χ2v) is 5.98. The van der Waals surface area contributed by atoms with E-state index < -0.39 is 23.7 Å². The fourth-order valence-corrected chi connectivity index (χ4v) is 2.33. The molecule has 0 fully saturated rings. The highest BCUT2D eigenvalue weighted by Crippen LogP contribution is 2.37. The number of alkyl halides is 3. The summed E-state index contributed by atoms with van der Waals surface area (Å²) >= 11 is 11.7. The lowest BCUT2D eigenvalue weighted by molar-refractivity contribution is -0.138. The van der Waals surface area contributed by atoms with Gasteiger partial charge in [-0.05, 0) is 36.4 Å². The van der Waals surface area contributed by atoms with Crippen molar-refractivity contribution in [3.05, 3.63) is 57.6 Å². The molecule has 27 heavy (non-hydrogen) atoms. The van der Waals surface area contributed by atoms with Crippen LogP contribution in [0.15, 0.2) is 36.4 Å². The van der Waals surface area contributed by atoms with Crippen LogP contribution < -0.4 is 4.74 Å². The molecule has 0 aromatic heterocycles. The molecule has 0 aliphatic carbocycles. The summed E-state index contributed by atoms with van der Waals surface area (Å²) in [5, 5.41) is 8.29. The first-order valence-corrected chi connectivity index (χ1v) is 8.06. The van der Waals surface area contributed by atoms with Crippen LogP contribution in [0.25, 0.3) is 0 Å². The van der Waals surface area contributed by atoms with Crippen LogP contribution in [0.1, 0.15) is 22.3 Å². The number of carbonyl (C=O) groups excluding carboxylic acids is 1. The molecule has 0 saturated carbocycles. The fourth-order valence-electron chi connectivity index (χ4n) is 1.92. The van der Waals surface area contributed by atoms with Crippen LogP contribution in [0.3, 0.4) is 0 Å². The molecule has 2 rings (SSSR count). The highest BCUT2D eigenvalue weighted by molar-refractivity contribution is 6.33. The average molecular weight is 423 g/mol. The van der Waals surface area contributed by atoms with Crippen LogP contribution >= 0.6 is 23.2 Å². The Morgan fingerprint density at radius 3 is 2.33 bits per heavy atom. The quantitative estimate of drug-likeness (QED) is 0.627. The van der Waals surface area contributed by atoms with E-state index in [1.807, 2.05) is 0 Å². The van der Waals surface area contributed by atoms with Gasteiger partial charge in [0.1, 0.15) is 18.1 Å². The summed E-state index contributed by atoms with van der Waals surface area (Å²) in [7, 11) is 0. The number of halogens is 5. The molecule has 0 unspecified atom stereocenters. The fraction of sp³-hybridized carbons (Fsp3) is 0.176. The molecule has 0 spiro atoms. The molecule has 0 radical (unpaired) electrons. The van der Waals surface area contributed by atoms with E-state index in [4.69, 9.17) is 37.8 Å². The Morgan fingerprint density at radius 2 is 1.74 bits per heavy atom. The zero-order valence-corrected chi connectivity index (χ0v) is 14.9. The van der Waals surface area contributed by atoms with Gasteiger partial charge in [0.2, 0.25) is 0 Å². The molecule has 0 saturated heterocycles. The second-order valence-electron chi connectivity index (χ2n) is 5.17. The van der Waals surface area contributed by atoms with Crippen molar-refractivity contribution in [1.82, 2.24) is 0 Å². The maximum atomic E-state index is 12.7. The maximum Gasteiger partial charge on any atom is 0.416 e. The van der Waals surface area contributed by atoms with Crippen molar-refractivity contribution in [3.63, 3.8) is 0 Å². The first kappa shape index (κ1) is 20.9. The molecule has 0 aliphatic rings. The Balaban J connectivity index is 2.18. The molecule has 0 aliphatic heterocycles. The highest BCUT2D eigenvalue weighted by atomic mass is 35.5. The van der Waals surface area contributed by atoms with Gasteiger partial charge >= 0.3 is 18.1 Å². The number of carbonyl (C=O) groups is 2. The normalized spacial score (nSPS) is 11.1. The van der Waals surface area contributed by atoms with Gasteiger partial charge in [-0.1, -0.05) is 23.2 Å². The van der Waals surface area contributed by atoms with Gasteiger partial charge in [-0.3, -0.25) is 4.79 Å². The van der Waals surface area contributed by atoms with Gasteiger partial charge in [0, 0.05) is 0 Å². The average Bonchev–Trinajstić information content (AvgIpc) is 2.56. The molecule has 0 bridgehead atoms. The summed E-state index contributed by atoms with van der Waals surface area (Å²) in [5.41, 5.74) is -1.03. The van der Waals surface area contributed by atoms with Crippen molar-refractivity contribution < 1.29 is 37.3 Å². The van der Waals surface area contributed by atoms with Crippen LogP contribution in [0, 0.1) is 0 Å². The van der Waals surface area contributed by atoms with Gasteiger partial charge < -0.3 is 14.6 Å².